The van der Waals surface area contributed by atoms with E-state index in [4.69, 9.17) is 0 Å². The molecule has 268 valence electrons. The molecule has 11 rings (SSSR count). The molecule has 0 N–H and O–H groups in total. The Bertz CT molecular complexity index is 3040. The smallest absolute Gasteiger partial charge is 0.0561 e. The lowest BCUT2D eigenvalue weighted by Crippen LogP contribution is -2.10. The predicted molar refractivity (Wildman–Crippen MR) is 241 cm³/mol. The third-order valence-corrected chi connectivity index (χ3v) is 11.3. The first-order valence-corrected chi connectivity index (χ1v) is 19.5. The lowest BCUT2D eigenvalue weighted by molar-refractivity contribution is 1.17. The summed E-state index contributed by atoms with van der Waals surface area (Å²) in [5.74, 6) is 0. The number of para-hydroxylation sites is 4. The molecule has 2 aromatic heterocycles. The number of nitrogens with zero attached hydrogens (tertiary/aromatic N) is 3. The molecular weight excluding hydrogens is 691 g/mol. The molecule has 0 fully saturated rings. The molecule has 0 aliphatic rings. The molecule has 0 amide bonds. The van der Waals surface area contributed by atoms with E-state index in [-0.39, 0.29) is 0 Å². The minimum atomic E-state index is 1.09. The van der Waals surface area contributed by atoms with Crippen LogP contribution >= 0.6 is 0 Å². The highest BCUT2D eigenvalue weighted by Crippen LogP contribution is 2.42. The lowest BCUT2D eigenvalue weighted by Gasteiger charge is -2.26. The summed E-state index contributed by atoms with van der Waals surface area (Å²) in [7, 11) is 0. The molecule has 9 aromatic carbocycles. The SMILES string of the molecule is c1ccc(-c2ccc(-c3ccc(N(c4ccc5c6ccccc6n(-c6ccccc6)c5c4)c4ccc5c6ccccc6n(-c6ccccc6)c5c4)cc3)cc2)cc1. The van der Waals surface area contributed by atoms with Gasteiger partial charge in [-0.2, -0.15) is 0 Å². The molecule has 0 radical (unpaired) electrons. The summed E-state index contributed by atoms with van der Waals surface area (Å²) in [6.45, 7) is 0. The van der Waals surface area contributed by atoms with E-state index in [1.165, 1.54) is 65.9 Å². The van der Waals surface area contributed by atoms with Crippen molar-refractivity contribution in [3.05, 3.63) is 224 Å². The maximum atomic E-state index is 2.40. The van der Waals surface area contributed by atoms with Gasteiger partial charge in [0.15, 0.2) is 0 Å². The zero-order chi connectivity index (χ0) is 37.7. The molecule has 3 heteroatoms. The van der Waals surface area contributed by atoms with Crippen LogP contribution in [0.25, 0.3) is 77.2 Å². The number of rotatable bonds is 7. The summed E-state index contributed by atoms with van der Waals surface area (Å²) in [6.07, 6.45) is 0. The van der Waals surface area contributed by atoms with Crippen LogP contribution in [0, 0.1) is 0 Å². The van der Waals surface area contributed by atoms with Gasteiger partial charge in [0.05, 0.1) is 22.1 Å². The first-order chi connectivity index (χ1) is 28.3. The molecule has 0 saturated carbocycles. The van der Waals surface area contributed by atoms with Crippen molar-refractivity contribution in [1.82, 2.24) is 9.13 Å². The number of aromatic nitrogens is 2. The molecule has 2 heterocycles. The van der Waals surface area contributed by atoms with E-state index in [2.05, 4.69) is 238 Å². The Morgan fingerprint density at radius 1 is 0.246 bits per heavy atom. The van der Waals surface area contributed by atoms with Gasteiger partial charge in [0, 0.05) is 50.0 Å². The molecule has 0 atom stereocenters. The fourth-order valence-corrected chi connectivity index (χ4v) is 8.64. The number of anilines is 3. The van der Waals surface area contributed by atoms with Crippen molar-refractivity contribution in [1.29, 1.82) is 0 Å². The van der Waals surface area contributed by atoms with Gasteiger partial charge in [0.25, 0.3) is 0 Å². The quantitative estimate of drug-likeness (QED) is 0.159. The summed E-state index contributed by atoms with van der Waals surface area (Å²) in [6, 6.07) is 81.1. The van der Waals surface area contributed by atoms with Crippen LogP contribution < -0.4 is 4.90 Å². The van der Waals surface area contributed by atoms with E-state index in [0.717, 1.165) is 28.4 Å². The molecule has 0 aliphatic carbocycles. The Morgan fingerprint density at radius 2 is 0.579 bits per heavy atom. The van der Waals surface area contributed by atoms with E-state index in [1.807, 2.05) is 0 Å². The molecule has 57 heavy (non-hydrogen) atoms. The Kier molecular flexibility index (Phi) is 7.82. The van der Waals surface area contributed by atoms with Gasteiger partial charge in [0.1, 0.15) is 0 Å². The highest BCUT2D eigenvalue weighted by atomic mass is 15.1. The van der Waals surface area contributed by atoms with E-state index in [1.54, 1.807) is 0 Å². The first-order valence-electron chi connectivity index (χ1n) is 19.5. The molecule has 0 aliphatic heterocycles. The second-order valence-electron chi connectivity index (χ2n) is 14.6. The molecular formula is C54H37N3. The minimum absolute atomic E-state index is 1.09. The highest BCUT2D eigenvalue weighted by Gasteiger charge is 2.20. The summed E-state index contributed by atoms with van der Waals surface area (Å²) in [5, 5.41) is 4.94. The van der Waals surface area contributed by atoms with Crippen LogP contribution in [0.2, 0.25) is 0 Å². The third-order valence-electron chi connectivity index (χ3n) is 11.3. The summed E-state index contributed by atoms with van der Waals surface area (Å²) in [5.41, 5.74) is 15.1. The second-order valence-corrected chi connectivity index (χ2v) is 14.6. The molecule has 0 bridgehead atoms. The fraction of sp³-hybridized carbons (Fsp3) is 0. The van der Waals surface area contributed by atoms with Crippen molar-refractivity contribution >= 4 is 60.7 Å². The maximum Gasteiger partial charge on any atom is 0.0561 e. The molecule has 11 aromatic rings. The number of hydrogen-bond acceptors (Lipinski definition) is 1. The maximum absolute atomic E-state index is 2.40. The van der Waals surface area contributed by atoms with Crippen LogP contribution in [0.5, 0.6) is 0 Å². The van der Waals surface area contributed by atoms with Crippen molar-refractivity contribution in [2.24, 2.45) is 0 Å². The molecule has 0 saturated heterocycles. The van der Waals surface area contributed by atoms with Gasteiger partial charge in [-0.05, 0) is 95.1 Å². The fourth-order valence-electron chi connectivity index (χ4n) is 8.64. The summed E-state index contributed by atoms with van der Waals surface area (Å²) < 4.78 is 4.79. The largest absolute Gasteiger partial charge is 0.310 e. The van der Waals surface area contributed by atoms with Gasteiger partial charge in [-0.3, -0.25) is 0 Å². The van der Waals surface area contributed by atoms with E-state index in [9.17, 15) is 0 Å². The van der Waals surface area contributed by atoms with Crippen LogP contribution in [-0.2, 0) is 0 Å². The Hall–Kier alpha value is -7.62. The Morgan fingerprint density at radius 3 is 1.04 bits per heavy atom. The topological polar surface area (TPSA) is 13.1 Å². The van der Waals surface area contributed by atoms with Crippen molar-refractivity contribution in [2.45, 2.75) is 0 Å². The van der Waals surface area contributed by atoms with E-state index >= 15 is 0 Å². The zero-order valence-electron chi connectivity index (χ0n) is 31.2. The molecule has 0 unspecified atom stereocenters. The van der Waals surface area contributed by atoms with Gasteiger partial charge in [-0.25, -0.2) is 0 Å². The number of benzene rings is 9. The van der Waals surface area contributed by atoms with Gasteiger partial charge in [-0.15, -0.1) is 0 Å². The van der Waals surface area contributed by atoms with Crippen LogP contribution in [-0.4, -0.2) is 9.13 Å². The van der Waals surface area contributed by atoms with Crippen LogP contribution in [0.3, 0.4) is 0 Å². The summed E-state index contributed by atoms with van der Waals surface area (Å²) in [4.78, 5) is 2.40. The van der Waals surface area contributed by atoms with Gasteiger partial charge >= 0.3 is 0 Å². The van der Waals surface area contributed by atoms with Crippen molar-refractivity contribution in [3.8, 4) is 33.6 Å². The predicted octanol–water partition coefficient (Wildman–Crippen LogP) is 14.7. The van der Waals surface area contributed by atoms with Crippen molar-refractivity contribution < 1.29 is 0 Å². The number of fused-ring (bicyclic) bond motifs is 6. The van der Waals surface area contributed by atoms with Gasteiger partial charge in [0.2, 0.25) is 0 Å². The molecule has 0 spiro atoms. The van der Waals surface area contributed by atoms with Gasteiger partial charge in [-0.1, -0.05) is 152 Å². The lowest BCUT2D eigenvalue weighted by atomic mass is 10.00. The Labute approximate surface area is 331 Å². The summed E-state index contributed by atoms with van der Waals surface area (Å²) >= 11 is 0. The highest BCUT2D eigenvalue weighted by molar-refractivity contribution is 6.12. The zero-order valence-corrected chi connectivity index (χ0v) is 31.2. The van der Waals surface area contributed by atoms with E-state index in [0.29, 0.717) is 0 Å². The third kappa shape index (κ3) is 5.60. The average molecular weight is 728 g/mol. The second kappa shape index (κ2) is 13.6. The van der Waals surface area contributed by atoms with Crippen LogP contribution in [0.15, 0.2) is 224 Å². The van der Waals surface area contributed by atoms with E-state index < -0.39 is 0 Å². The normalized spacial score (nSPS) is 11.5. The first kappa shape index (κ1) is 32.8. The van der Waals surface area contributed by atoms with Gasteiger partial charge < -0.3 is 14.0 Å². The van der Waals surface area contributed by atoms with Crippen LogP contribution in [0.1, 0.15) is 0 Å². The average Bonchev–Trinajstić information content (AvgIpc) is 3.80. The van der Waals surface area contributed by atoms with Crippen LogP contribution in [0.4, 0.5) is 17.1 Å². The monoisotopic (exact) mass is 727 g/mol. The molecule has 3 nitrogen and oxygen atoms in total. The Balaban J connectivity index is 1.10. The number of hydrogen-bond donors (Lipinski definition) is 0. The van der Waals surface area contributed by atoms with Crippen molar-refractivity contribution in [3.63, 3.8) is 0 Å². The standard InChI is InChI=1S/C54H37N3/c1-4-14-38(15-5-1)39-24-26-40(27-25-39)41-28-30-44(31-29-41)55(45-32-34-49-47-20-10-12-22-51(47)56(53(49)36-45)42-16-6-2-7-17-42)46-33-35-50-48-21-11-13-23-52(48)57(54(50)37-46)43-18-8-3-9-19-43/h1-37H. The minimum Gasteiger partial charge on any atom is -0.310 e. The van der Waals surface area contributed by atoms with Crippen molar-refractivity contribution in [2.75, 3.05) is 4.90 Å².